The lowest BCUT2D eigenvalue weighted by molar-refractivity contribution is -0.118. The Kier molecular flexibility index (Phi) is 7.30. The predicted molar refractivity (Wildman–Crippen MR) is 92.9 cm³/mol. The minimum Gasteiger partial charge on any atom is -0.444 e. The van der Waals surface area contributed by atoms with Crippen LogP contribution in [0.2, 0.25) is 0 Å². The van der Waals surface area contributed by atoms with E-state index < -0.39 is 17.7 Å². The number of ether oxygens (including phenoxy) is 1. The van der Waals surface area contributed by atoms with Crippen LogP contribution in [0.25, 0.3) is 0 Å². The molecule has 0 fully saturated rings. The summed E-state index contributed by atoms with van der Waals surface area (Å²) in [7, 11) is 0. The van der Waals surface area contributed by atoms with E-state index in [4.69, 9.17) is 16.3 Å². The summed E-state index contributed by atoms with van der Waals surface area (Å²) in [6, 6.07) is 7.11. The van der Waals surface area contributed by atoms with Gasteiger partial charge in [0.1, 0.15) is 5.60 Å². The highest BCUT2D eigenvalue weighted by Crippen LogP contribution is 2.11. The molecule has 1 rings (SSSR count). The molecule has 0 radical (unpaired) electrons. The first kappa shape index (κ1) is 19.2. The molecule has 4 nitrogen and oxygen atoms in total. The van der Waals surface area contributed by atoms with E-state index in [-0.39, 0.29) is 11.7 Å². The first-order valence-corrected chi connectivity index (χ1v) is 8.05. The number of alkyl halides is 1. The van der Waals surface area contributed by atoms with E-state index in [1.807, 2.05) is 30.3 Å². The Morgan fingerprint density at radius 1 is 1.35 bits per heavy atom. The summed E-state index contributed by atoms with van der Waals surface area (Å²) < 4.78 is 5.20. The van der Waals surface area contributed by atoms with Crippen LogP contribution in [-0.2, 0) is 22.4 Å². The van der Waals surface area contributed by atoms with Gasteiger partial charge in [-0.15, -0.1) is 18.2 Å². The summed E-state index contributed by atoms with van der Waals surface area (Å²) in [6.07, 6.45) is 2.32. The number of rotatable bonds is 7. The second kappa shape index (κ2) is 8.73. The summed E-state index contributed by atoms with van der Waals surface area (Å²) >= 11 is 5.66. The van der Waals surface area contributed by atoms with Gasteiger partial charge < -0.3 is 10.1 Å². The normalized spacial score (nSPS) is 12.3. The van der Waals surface area contributed by atoms with Gasteiger partial charge >= 0.3 is 6.09 Å². The van der Waals surface area contributed by atoms with Gasteiger partial charge in [0.2, 0.25) is 0 Å². The molecule has 0 heterocycles. The van der Waals surface area contributed by atoms with Crippen molar-refractivity contribution < 1.29 is 14.3 Å². The van der Waals surface area contributed by atoms with Crippen LogP contribution >= 0.6 is 11.6 Å². The van der Waals surface area contributed by atoms with E-state index in [0.717, 1.165) is 17.5 Å². The number of hydrogen-bond donors (Lipinski definition) is 1. The zero-order chi connectivity index (χ0) is 17.5. The van der Waals surface area contributed by atoms with Crippen LogP contribution in [0.15, 0.2) is 36.9 Å². The van der Waals surface area contributed by atoms with Crippen LogP contribution in [0, 0.1) is 0 Å². The zero-order valence-corrected chi connectivity index (χ0v) is 14.7. The molecule has 0 aliphatic carbocycles. The zero-order valence-electron chi connectivity index (χ0n) is 13.9. The minimum atomic E-state index is -0.707. The number of carbonyl (C=O) groups is 2. The highest BCUT2D eigenvalue weighted by atomic mass is 35.5. The van der Waals surface area contributed by atoms with Gasteiger partial charge in [-0.3, -0.25) is 4.79 Å². The molecule has 126 valence electrons. The summed E-state index contributed by atoms with van der Waals surface area (Å²) in [6.45, 7) is 9.02. The number of alkyl carbamates (subject to hydrolysis) is 1. The van der Waals surface area contributed by atoms with Gasteiger partial charge in [0.15, 0.2) is 5.78 Å². The molecule has 23 heavy (non-hydrogen) atoms. The lowest BCUT2D eigenvalue weighted by Gasteiger charge is -2.23. The molecule has 1 atom stereocenters. The Balaban J connectivity index is 2.82. The average molecular weight is 338 g/mol. The third-order valence-electron chi connectivity index (χ3n) is 3.02. The van der Waals surface area contributed by atoms with Crippen molar-refractivity contribution >= 4 is 23.5 Å². The van der Waals surface area contributed by atoms with Gasteiger partial charge in [-0.1, -0.05) is 30.3 Å². The number of nitrogens with one attached hydrogen (secondary N) is 1. The minimum absolute atomic E-state index is 0.160. The third kappa shape index (κ3) is 7.33. The van der Waals surface area contributed by atoms with Crippen LogP contribution in [0.5, 0.6) is 0 Å². The highest BCUT2D eigenvalue weighted by Gasteiger charge is 2.24. The molecule has 0 aliphatic heterocycles. The average Bonchev–Trinajstić information content (AvgIpc) is 2.44. The molecule has 0 saturated heterocycles. The summed E-state index contributed by atoms with van der Waals surface area (Å²) in [4.78, 5) is 23.9. The molecule has 1 amide bonds. The Morgan fingerprint density at radius 3 is 2.57 bits per heavy atom. The smallest absolute Gasteiger partial charge is 0.408 e. The number of benzene rings is 1. The van der Waals surface area contributed by atoms with Crippen LogP contribution in [0.4, 0.5) is 4.79 Å². The van der Waals surface area contributed by atoms with Gasteiger partial charge in [-0.05, 0) is 44.7 Å². The Morgan fingerprint density at radius 2 is 2.00 bits per heavy atom. The second-order valence-corrected chi connectivity index (χ2v) is 6.58. The molecule has 0 saturated carbocycles. The number of ketones is 1. The first-order chi connectivity index (χ1) is 10.7. The molecular formula is C18H24ClNO3. The number of halogens is 1. The van der Waals surface area contributed by atoms with Crippen molar-refractivity contribution in [3.05, 3.63) is 48.0 Å². The quantitative estimate of drug-likeness (QED) is 0.610. The number of amides is 1. The number of allylic oxidation sites excluding steroid dienone is 1. The topological polar surface area (TPSA) is 55.4 Å². The standard InChI is InChI=1S/C18H24ClNO3/c1-5-7-13-8-6-9-14(10-13)11-15(16(21)12-19)20-17(22)23-18(2,3)4/h5-6,8-10,15H,1,7,11-12H2,2-4H3,(H,20,22). The van der Waals surface area contributed by atoms with Crippen molar-refractivity contribution in [2.24, 2.45) is 0 Å². The second-order valence-electron chi connectivity index (χ2n) is 6.32. The monoisotopic (exact) mass is 337 g/mol. The van der Waals surface area contributed by atoms with E-state index in [2.05, 4.69) is 11.9 Å². The first-order valence-electron chi connectivity index (χ1n) is 7.52. The van der Waals surface area contributed by atoms with Crippen molar-refractivity contribution in [3.63, 3.8) is 0 Å². The van der Waals surface area contributed by atoms with Crippen molar-refractivity contribution in [2.75, 3.05) is 5.88 Å². The molecule has 0 bridgehead atoms. The third-order valence-corrected chi connectivity index (χ3v) is 3.29. The van der Waals surface area contributed by atoms with E-state index in [1.165, 1.54) is 0 Å². The van der Waals surface area contributed by atoms with Gasteiger partial charge in [0.25, 0.3) is 0 Å². The van der Waals surface area contributed by atoms with Gasteiger partial charge in [-0.25, -0.2) is 4.79 Å². The molecule has 1 N–H and O–H groups in total. The van der Waals surface area contributed by atoms with Crippen molar-refractivity contribution in [2.45, 2.75) is 45.3 Å². The molecule has 1 unspecified atom stereocenters. The summed E-state index contributed by atoms with van der Waals surface area (Å²) in [5.41, 5.74) is 1.43. The molecular weight excluding hydrogens is 314 g/mol. The van der Waals surface area contributed by atoms with Crippen LogP contribution in [-0.4, -0.2) is 29.4 Å². The Labute approximate surface area is 142 Å². The maximum Gasteiger partial charge on any atom is 0.408 e. The Hall–Kier alpha value is -1.81. The fourth-order valence-corrected chi connectivity index (χ4v) is 2.26. The van der Waals surface area contributed by atoms with Crippen molar-refractivity contribution in [1.29, 1.82) is 0 Å². The fourth-order valence-electron chi connectivity index (χ4n) is 2.07. The van der Waals surface area contributed by atoms with E-state index in [9.17, 15) is 9.59 Å². The predicted octanol–water partition coefficient (Wildman–Crippen LogP) is 3.66. The maximum absolute atomic E-state index is 12.0. The van der Waals surface area contributed by atoms with Gasteiger partial charge in [-0.2, -0.15) is 0 Å². The van der Waals surface area contributed by atoms with E-state index in [0.29, 0.717) is 6.42 Å². The number of hydrogen-bond acceptors (Lipinski definition) is 3. The van der Waals surface area contributed by atoms with Crippen LogP contribution < -0.4 is 5.32 Å². The molecule has 0 aromatic heterocycles. The van der Waals surface area contributed by atoms with Crippen molar-refractivity contribution in [3.8, 4) is 0 Å². The van der Waals surface area contributed by atoms with Gasteiger partial charge in [0.05, 0.1) is 11.9 Å². The van der Waals surface area contributed by atoms with E-state index in [1.54, 1.807) is 20.8 Å². The number of Topliss-reactive ketones (excluding diaryl/α,β-unsaturated/α-hetero) is 1. The lowest BCUT2D eigenvalue weighted by atomic mass is 10.0. The summed E-state index contributed by atoms with van der Waals surface area (Å²) in [5.74, 6) is -0.404. The molecule has 1 aromatic carbocycles. The van der Waals surface area contributed by atoms with Crippen LogP contribution in [0.3, 0.4) is 0 Å². The van der Waals surface area contributed by atoms with E-state index >= 15 is 0 Å². The molecule has 0 spiro atoms. The molecule has 5 heteroatoms. The van der Waals surface area contributed by atoms with Crippen molar-refractivity contribution in [1.82, 2.24) is 5.32 Å². The number of carbonyl (C=O) groups excluding carboxylic acids is 2. The molecule has 1 aromatic rings. The SMILES string of the molecule is C=CCc1cccc(CC(NC(=O)OC(C)(C)C)C(=O)CCl)c1. The Bertz CT molecular complexity index is 564. The van der Waals surface area contributed by atoms with Gasteiger partial charge in [0, 0.05) is 0 Å². The van der Waals surface area contributed by atoms with Crippen LogP contribution in [0.1, 0.15) is 31.9 Å². The highest BCUT2D eigenvalue weighted by molar-refractivity contribution is 6.28. The lowest BCUT2D eigenvalue weighted by Crippen LogP contribution is -2.45. The fraction of sp³-hybridized carbons (Fsp3) is 0.444. The maximum atomic E-state index is 12.0. The summed E-state index contributed by atoms with van der Waals surface area (Å²) in [5, 5.41) is 2.61. The molecule has 0 aliphatic rings. The largest absolute Gasteiger partial charge is 0.444 e.